The topological polar surface area (TPSA) is 32.8 Å². The van der Waals surface area contributed by atoms with Crippen LogP contribution in [0.3, 0.4) is 0 Å². The number of ether oxygens (including phenoxy) is 1. The van der Waals surface area contributed by atoms with Crippen LogP contribution in [0.15, 0.2) is 83.3 Å². The number of carbonyl (C=O) groups is 1. The largest absolute Gasteiger partial charge is 0.467 e. The highest BCUT2D eigenvalue weighted by molar-refractivity contribution is 9.10. The Morgan fingerprint density at radius 2 is 1.72 bits per heavy atom. The van der Waals surface area contributed by atoms with E-state index < -0.39 is 6.04 Å². The molecule has 0 aromatic heterocycles. The Kier molecular flexibility index (Phi) is 5.51. The van der Waals surface area contributed by atoms with Crippen LogP contribution in [-0.4, -0.2) is 32.7 Å². The molecule has 32 heavy (non-hydrogen) atoms. The Morgan fingerprint density at radius 3 is 2.44 bits per heavy atom. The average Bonchev–Trinajstić information content (AvgIpc) is 3.03. The minimum absolute atomic E-state index is 0.159. The number of carbonyl (C=O) groups excluding carboxylic acids is 1. The Hall–Kier alpha value is -3.05. The van der Waals surface area contributed by atoms with Crippen molar-refractivity contribution in [3.63, 3.8) is 0 Å². The van der Waals surface area contributed by atoms with Crippen LogP contribution in [0.2, 0.25) is 0 Å². The highest BCUT2D eigenvalue weighted by Crippen LogP contribution is 2.49. The third-order valence-electron chi connectivity index (χ3n) is 6.41. The van der Waals surface area contributed by atoms with Gasteiger partial charge in [-0.05, 0) is 41.0 Å². The lowest BCUT2D eigenvalue weighted by Crippen LogP contribution is -2.38. The summed E-state index contributed by atoms with van der Waals surface area (Å²) in [7, 11) is 3.60. The van der Waals surface area contributed by atoms with Crippen LogP contribution in [0.4, 0.5) is 11.4 Å². The van der Waals surface area contributed by atoms with Gasteiger partial charge in [0.25, 0.3) is 0 Å². The van der Waals surface area contributed by atoms with E-state index in [9.17, 15) is 4.79 Å². The molecule has 0 saturated carbocycles. The molecule has 4 nitrogen and oxygen atoms in total. The van der Waals surface area contributed by atoms with Crippen molar-refractivity contribution in [2.24, 2.45) is 0 Å². The van der Waals surface area contributed by atoms with Crippen molar-refractivity contribution in [2.75, 3.05) is 30.5 Å². The summed E-state index contributed by atoms with van der Waals surface area (Å²) in [5, 5.41) is 0. The van der Waals surface area contributed by atoms with Gasteiger partial charge in [0.05, 0.1) is 7.11 Å². The van der Waals surface area contributed by atoms with E-state index in [1.807, 2.05) is 18.2 Å². The number of anilines is 2. The maximum absolute atomic E-state index is 13.1. The average molecular weight is 489 g/mol. The van der Waals surface area contributed by atoms with Crippen LogP contribution in [0.25, 0.3) is 5.57 Å². The molecule has 0 amide bonds. The van der Waals surface area contributed by atoms with Gasteiger partial charge >= 0.3 is 5.97 Å². The first-order valence-electron chi connectivity index (χ1n) is 10.8. The van der Waals surface area contributed by atoms with Gasteiger partial charge in [0.2, 0.25) is 0 Å². The molecule has 0 spiro atoms. The van der Waals surface area contributed by atoms with Crippen LogP contribution >= 0.6 is 15.9 Å². The van der Waals surface area contributed by atoms with E-state index in [2.05, 4.69) is 93.5 Å². The van der Waals surface area contributed by atoms with Crippen LogP contribution in [-0.2, 0) is 16.1 Å². The van der Waals surface area contributed by atoms with Gasteiger partial charge < -0.3 is 14.5 Å². The van der Waals surface area contributed by atoms with E-state index in [-0.39, 0.29) is 11.9 Å². The van der Waals surface area contributed by atoms with Crippen molar-refractivity contribution in [3.05, 3.63) is 100 Å². The maximum atomic E-state index is 13.1. The molecule has 2 atom stereocenters. The van der Waals surface area contributed by atoms with Gasteiger partial charge in [0, 0.05) is 47.5 Å². The van der Waals surface area contributed by atoms with Crippen molar-refractivity contribution in [1.29, 1.82) is 0 Å². The Bertz CT molecular complexity index is 1170. The molecule has 5 rings (SSSR count). The van der Waals surface area contributed by atoms with Gasteiger partial charge in [-0.2, -0.15) is 0 Å². The SMILES string of the molecule is COC(=O)[C@@H]1C2=CC(c3ccc(Br)cc3)CN(C)c3cccc(c32)N1Cc1ccccc1. The number of rotatable bonds is 4. The second kappa shape index (κ2) is 8.47. The first-order valence-corrected chi connectivity index (χ1v) is 11.6. The summed E-state index contributed by atoms with van der Waals surface area (Å²) in [6, 6.07) is 24.6. The third kappa shape index (κ3) is 3.61. The maximum Gasteiger partial charge on any atom is 0.333 e. The van der Waals surface area contributed by atoms with E-state index >= 15 is 0 Å². The summed E-state index contributed by atoms with van der Waals surface area (Å²) in [5.74, 6) is -0.0689. The first kappa shape index (κ1) is 20.8. The quantitative estimate of drug-likeness (QED) is 0.445. The summed E-state index contributed by atoms with van der Waals surface area (Å²) < 4.78 is 6.37. The molecule has 0 aliphatic carbocycles. The zero-order valence-electron chi connectivity index (χ0n) is 18.2. The molecule has 2 aliphatic rings. The smallest absolute Gasteiger partial charge is 0.333 e. The molecule has 5 heteroatoms. The van der Waals surface area contributed by atoms with E-state index in [0.29, 0.717) is 6.54 Å². The molecule has 162 valence electrons. The van der Waals surface area contributed by atoms with Gasteiger partial charge in [-0.15, -0.1) is 0 Å². The van der Waals surface area contributed by atoms with Crippen molar-refractivity contribution in [2.45, 2.75) is 18.5 Å². The summed E-state index contributed by atoms with van der Waals surface area (Å²) in [6.45, 7) is 1.48. The number of methoxy groups -OCH3 is 1. The molecule has 3 aromatic rings. The van der Waals surface area contributed by atoms with Crippen LogP contribution in [0.1, 0.15) is 22.6 Å². The zero-order valence-corrected chi connectivity index (χ0v) is 19.7. The highest BCUT2D eigenvalue weighted by Gasteiger charge is 2.42. The number of halogens is 1. The van der Waals surface area contributed by atoms with Crippen LogP contribution in [0, 0.1) is 0 Å². The van der Waals surface area contributed by atoms with Crippen LogP contribution in [0.5, 0.6) is 0 Å². The number of nitrogens with zero attached hydrogens (tertiary/aromatic N) is 2. The third-order valence-corrected chi connectivity index (χ3v) is 6.93. The van der Waals surface area contributed by atoms with Gasteiger partial charge in [-0.1, -0.05) is 70.5 Å². The van der Waals surface area contributed by atoms with Gasteiger partial charge in [0.15, 0.2) is 6.04 Å². The van der Waals surface area contributed by atoms with Crippen molar-refractivity contribution >= 4 is 38.8 Å². The fraction of sp³-hybridized carbons (Fsp3) is 0.222. The lowest BCUT2D eigenvalue weighted by molar-refractivity contribution is -0.140. The number of hydrogen-bond donors (Lipinski definition) is 0. The minimum atomic E-state index is -0.471. The van der Waals surface area contributed by atoms with E-state index in [4.69, 9.17) is 4.74 Å². The van der Waals surface area contributed by atoms with E-state index in [0.717, 1.165) is 39.1 Å². The molecule has 3 aromatic carbocycles. The molecule has 2 heterocycles. The summed E-state index contributed by atoms with van der Waals surface area (Å²) in [5.41, 5.74) is 6.80. The van der Waals surface area contributed by atoms with Crippen molar-refractivity contribution in [1.82, 2.24) is 0 Å². The van der Waals surface area contributed by atoms with Crippen molar-refractivity contribution < 1.29 is 9.53 Å². The molecular weight excluding hydrogens is 464 g/mol. The standard InChI is InChI=1S/C27H25BrN2O2/c1-29-17-20(19-11-13-21(28)14-12-19)15-22-25-23(29)9-6-10-24(25)30(26(22)27(31)32-2)16-18-7-4-3-5-8-18/h3-15,20,26H,16-17H2,1-2H3/t20?,26-/m0/s1. The predicted molar refractivity (Wildman–Crippen MR) is 133 cm³/mol. The minimum Gasteiger partial charge on any atom is -0.467 e. The predicted octanol–water partition coefficient (Wildman–Crippen LogP) is 5.63. The molecule has 2 aliphatic heterocycles. The lowest BCUT2D eigenvalue weighted by atomic mass is 9.93. The zero-order chi connectivity index (χ0) is 22.2. The fourth-order valence-electron chi connectivity index (χ4n) is 4.90. The Morgan fingerprint density at radius 1 is 1.00 bits per heavy atom. The highest BCUT2D eigenvalue weighted by atomic mass is 79.9. The fourth-order valence-corrected chi connectivity index (χ4v) is 5.16. The van der Waals surface area contributed by atoms with Crippen LogP contribution < -0.4 is 9.80 Å². The van der Waals surface area contributed by atoms with E-state index in [1.54, 1.807) is 0 Å². The molecular formula is C27H25BrN2O2. The molecule has 0 bridgehead atoms. The summed E-state index contributed by atoms with van der Waals surface area (Å²) >= 11 is 3.54. The monoisotopic (exact) mass is 488 g/mol. The summed E-state index contributed by atoms with van der Waals surface area (Å²) in [6.07, 6.45) is 2.28. The molecule has 0 fully saturated rings. The summed E-state index contributed by atoms with van der Waals surface area (Å²) in [4.78, 5) is 17.6. The molecule has 0 radical (unpaired) electrons. The number of benzene rings is 3. The Balaban J connectivity index is 1.66. The number of likely N-dealkylation sites (N-methyl/N-ethyl adjacent to an activating group) is 1. The van der Waals surface area contributed by atoms with E-state index in [1.165, 1.54) is 12.7 Å². The number of esters is 1. The first-order chi connectivity index (χ1) is 15.6. The molecule has 0 N–H and O–H groups in total. The number of hydrogen-bond acceptors (Lipinski definition) is 4. The second-order valence-corrected chi connectivity index (χ2v) is 9.29. The molecule has 1 unspecified atom stereocenters. The van der Waals surface area contributed by atoms with Gasteiger partial charge in [-0.3, -0.25) is 0 Å². The van der Waals surface area contributed by atoms with Gasteiger partial charge in [0.1, 0.15) is 0 Å². The second-order valence-electron chi connectivity index (χ2n) is 8.37. The molecule has 0 saturated heterocycles. The van der Waals surface area contributed by atoms with Gasteiger partial charge in [-0.25, -0.2) is 4.79 Å². The van der Waals surface area contributed by atoms with Crippen molar-refractivity contribution in [3.8, 4) is 0 Å². The Labute approximate surface area is 197 Å². The lowest BCUT2D eigenvalue weighted by Gasteiger charge is -2.28. The normalized spacial score (nSPS) is 19.3.